The molecule has 0 aromatic heterocycles. The molecular formula is C19H23Cl2NO2. The summed E-state index contributed by atoms with van der Waals surface area (Å²) in [5.41, 5.74) is 1.01. The van der Waals surface area contributed by atoms with Crippen LogP contribution in [0.4, 0.5) is 0 Å². The molecule has 0 amide bonds. The van der Waals surface area contributed by atoms with Gasteiger partial charge in [-0.2, -0.15) is 0 Å². The van der Waals surface area contributed by atoms with E-state index in [4.69, 9.17) is 27.9 Å². The zero-order chi connectivity index (χ0) is 17.4. The van der Waals surface area contributed by atoms with E-state index < -0.39 is 0 Å². The van der Waals surface area contributed by atoms with Crippen molar-refractivity contribution in [1.82, 2.24) is 5.32 Å². The van der Waals surface area contributed by atoms with Crippen molar-refractivity contribution in [2.24, 2.45) is 0 Å². The zero-order valence-corrected chi connectivity index (χ0v) is 15.3. The highest BCUT2D eigenvalue weighted by molar-refractivity contribution is 6.35. The van der Waals surface area contributed by atoms with Gasteiger partial charge in [-0.1, -0.05) is 55.5 Å². The number of phenolic OH excluding ortho intramolecular Hbond substituents is 1. The molecule has 130 valence electrons. The molecule has 0 heterocycles. The number of halogens is 2. The maximum absolute atomic E-state index is 10.1. The predicted octanol–water partition coefficient (Wildman–Crippen LogP) is 6.16. The van der Waals surface area contributed by atoms with Gasteiger partial charge in [0.15, 0.2) is 11.5 Å². The molecule has 0 aliphatic carbocycles. The molecule has 0 unspecified atom stereocenters. The van der Waals surface area contributed by atoms with Crippen molar-refractivity contribution >= 4 is 23.2 Å². The van der Waals surface area contributed by atoms with Crippen LogP contribution in [-0.4, -0.2) is 11.7 Å². The Morgan fingerprint density at radius 1 is 1.00 bits per heavy atom. The first-order valence-corrected chi connectivity index (χ1v) is 9.01. The second-order valence-electron chi connectivity index (χ2n) is 5.72. The Balaban J connectivity index is 1.89. The number of rotatable bonds is 9. The number of nitrogens with one attached hydrogen (secondary N) is 1. The third-order valence-corrected chi connectivity index (χ3v) is 4.20. The van der Waals surface area contributed by atoms with Gasteiger partial charge in [0.25, 0.3) is 0 Å². The summed E-state index contributed by atoms with van der Waals surface area (Å²) >= 11 is 11.9. The Kier molecular flexibility index (Phi) is 7.70. The summed E-state index contributed by atoms with van der Waals surface area (Å²) in [7, 11) is 0. The third kappa shape index (κ3) is 5.90. The molecule has 0 fully saturated rings. The summed E-state index contributed by atoms with van der Waals surface area (Å²) < 4.78 is 5.66. The fraction of sp³-hybridized carbons (Fsp3) is 0.368. The molecule has 0 bridgehead atoms. The number of phenols is 1. The van der Waals surface area contributed by atoms with E-state index in [0.717, 1.165) is 18.7 Å². The largest absolute Gasteiger partial charge is 0.504 e. The number of ether oxygens (including phenoxy) is 1. The molecule has 2 N–H and O–H groups in total. The van der Waals surface area contributed by atoms with Gasteiger partial charge in [-0.15, -0.1) is 0 Å². The summed E-state index contributed by atoms with van der Waals surface area (Å²) in [6, 6.07) is 10.4. The van der Waals surface area contributed by atoms with E-state index in [-0.39, 0.29) is 5.75 Å². The molecule has 0 radical (unpaired) electrons. The van der Waals surface area contributed by atoms with Crippen molar-refractivity contribution in [2.75, 3.05) is 6.54 Å². The van der Waals surface area contributed by atoms with E-state index in [9.17, 15) is 5.11 Å². The van der Waals surface area contributed by atoms with Crippen molar-refractivity contribution in [3.8, 4) is 17.2 Å². The Morgan fingerprint density at radius 3 is 2.50 bits per heavy atom. The van der Waals surface area contributed by atoms with E-state index in [1.807, 2.05) is 6.07 Å². The molecule has 2 aromatic rings. The lowest BCUT2D eigenvalue weighted by Gasteiger charge is -2.11. The van der Waals surface area contributed by atoms with Crippen molar-refractivity contribution < 1.29 is 9.84 Å². The average molecular weight is 368 g/mol. The molecule has 2 aromatic carbocycles. The maximum atomic E-state index is 10.1. The second-order valence-corrected chi connectivity index (χ2v) is 6.56. The van der Waals surface area contributed by atoms with Gasteiger partial charge in [0.05, 0.1) is 5.02 Å². The zero-order valence-electron chi connectivity index (χ0n) is 13.8. The molecule has 24 heavy (non-hydrogen) atoms. The highest BCUT2D eigenvalue weighted by Crippen LogP contribution is 2.36. The van der Waals surface area contributed by atoms with Crippen LogP contribution >= 0.6 is 23.2 Å². The van der Waals surface area contributed by atoms with Gasteiger partial charge in [-0.05, 0) is 48.9 Å². The van der Waals surface area contributed by atoms with Gasteiger partial charge in [0, 0.05) is 11.6 Å². The Morgan fingerprint density at radius 2 is 1.79 bits per heavy atom. The molecule has 3 nitrogen and oxygen atoms in total. The minimum atomic E-state index is 0.0892. The summed E-state index contributed by atoms with van der Waals surface area (Å²) in [6.07, 6.45) is 4.95. The van der Waals surface area contributed by atoms with Crippen LogP contribution in [-0.2, 0) is 6.54 Å². The monoisotopic (exact) mass is 367 g/mol. The lowest BCUT2D eigenvalue weighted by molar-refractivity contribution is 0.410. The van der Waals surface area contributed by atoms with Crippen LogP contribution in [0.1, 0.15) is 38.2 Å². The molecule has 0 aliphatic heterocycles. The first kappa shape index (κ1) is 18.9. The molecular weight excluding hydrogens is 345 g/mol. The quantitative estimate of drug-likeness (QED) is 0.521. The standard InChI is InChI=1S/C19H23Cl2NO2/c1-2-3-4-5-10-22-13-14-6-8-19(17(23)11-14)24-18-9-7-15(20)12-16(18)21/h6-9,11-12,22-23H,2-5,10,13H2,1H3. The molecule has 0 saturated heterocycles. The maximum Gasteiger partial charge on any atom is 0.169 e. The summed E-state index contributed by atoms with van der Waals surface area (Å²) in [4.78, 5) is 0. The van der Waals surface area contributed by atoms with Crippen molar-refractivity contribution in [3.63, 3.8) is 0 Å². The number of benzene rings is 2. The fourth-order valence-corrected chi connectivity index (χ4v) is 2.79. The molecule has 0 atom stereocenters. The van der Waals surface area contributed by atoms with Crippen molar-refractivity contribution in [2.45, 2.75) is 39.2 Å². The number of hydrogen-bond donors (Lipinski definition) is 2. The summed E-state index contributed by atoms with van der Waals surface area (Å²) in [5.74, 6) is 0.912. The summed E-state index contributed by atoms with van der Waals surface area (Å²) in [6.45, 7) is 3.91. The van der Waals surface area contributed by atoms with Crippen molar-refractivity contribution in [1.29, 1.82) is 0 Å². The van der Waals surface area contributed by atoms with Gasteiger partial charge in [-0.25, -0.2) is 0 Å². The average Bonchev–Trinajstić information content (AvgIpc) is 2.55. The van der Waals surface area contributed by atoms with E-state index in [1.165, 1.54) is 25.7 Å². The van der Waals surface area contributed by atoms with Crippen LogP contribution in [0.2, 0.25) is 10.0 Å². The van der Waals surface area contributed by atoms with Crippen LogP contribution in [0, 0.1) is 0 Å². The van der Waals surface area contributed by atoms with Crippen LogP contribution in [0.25, 0.3) is 0 Å². The van der Waals surface area contributed by atoms with E-state index >= 15 is 0 Å². The van der Waals surface area contributed by atoms with Gasteiger partial charge < -0.3 is 15.2 Å². The number of unbranched alkanes of at least 4 members (excludes halogenated alkanes) is 3. The van der Waals surface area contributed by atoms with Gasteiger partial charge in [0.2, 0.25) is 0 Å². The van der Waals surface area contributed by atoms with Crippen molar-refractivity contribution in [3.05, 3.63) is 52.0 Å². The van der Waals surface area contributed by atoms with Crippen LogP contribution in [0.3, 0.4) is 0 Å². The highest BCUT2D eigenvalue weighted by atomic mass is 35.5. The summed E-state index contributed by atoms with van der Waals surface area (Å²) in [5, 5.41) is 14.5. The van der Waals surface area contributed by atoms with Crippen LogP contribution in [0.15, 0.2) is 36.4 Å². The number of aromatic hydroxyl groups is 1. The smallest absolute Gasteiger partial charge is 0.169 e. The third-order valence-electron chi connectivity index (χ3n) is 3.67. The Labute approximate surface area is 153 Å². The number of hydrogen-bond acceptors (Lipinski definition) is 3. The van der Waals surface area contributed by atoms with Gasteiger partial charge in [-0.3, -0.25) is 0 Å². The lowest BCUT2D eigenvalue weighted by atomic mass is 10.2. The van der Waals surface area contributed by atoms with Crippen LogP contribution < -0.4 is 10.1 Å². The predicted molar refractivity (Wildman–Crippen MR) is 100 cm³/mol. The topological polar surface area (TPSA) is 41.5 Å². The molecule has 0 aliphatic rings. The SMILES string of the molecule is CCCCCCNCc1ccc(Oc2ccc(Cl)cc2Cl)c(O)c1. The first-order chi connectivity index (χ1) is 11.6. The van der Waals surface area contributed by atoms with E-state index in [0.29, 0.717) is 21.5 Å². The Hall–Kier alpha value is -1.42. The van der Waals surface area contributed by atoms with Gasteiger partial charge >= 0.3 is 0 Å². The lowest BCUT2D eigenvalue weighted by Crippen LogP contribution is -2.14. The fourth-order valence-electron chi connectivity index (χ4n) is 2.35. The first-order valence-electron chi connectivity index (χ1n) is 8.25. The minimum absolute atomic E-state index is 0.0892. The minimum Gasteiger partial charge on any atom is -0.504 e. The normalized spacial score (nSPS) is 10.8. The Bertz CT molecular complexity index is 662. The second kappa shape index (κ2) is 9.77. The highest BCUT2D eigenvalue weighted by Gasteiger charge is 2.08. The molecule has 5 heteroatoms. The van der Waals surface area contributed by atoms with Gasteiger partial charge in [0.1, 0.15) is 5.75 Å². The van der Waals surface area contributed by atoms with E-state index in [1.54, 1.807) is 30.3 Å². The molecule has 0 spiro atoms. The molecule has 2 rings (SSSR count). The van der Waals surface area contributed by atoms with E-state index in [2.05, 4.69) is 12.2 Å². The van der Waals surface area contributed by atoms with Crippen LogP contribution in [0.5, 0.6) is 17.2 Å². The molecule has 0 saturated carbocycles.